The van der Waals surface area contributed by atoms with Crippen LogP contribution in [-0.2, 0) is 0 Å². The molecule has 124 valence electrons. The van der Waals surface area contributed by atoms with Crippen molar-refractivity contribution in [3.63, 3.8) is 0 Å². The largest absolute Gasteiger partial charge is 0.338 e. The number of nitrogens with zero attached hydrogens (tertiary/aromatic N) is 4. The van der Waals surface area contributed by atoms with Gasteiger partial charge in [0.2, 0.25) is 0 Å². The summed E-state index contributed by atoms with van der Waals surface area (Å²) >= 11 is 0. The Morgan fingerprint density at radius 3 is 2.78 bits per heavy atom. The summed E-state index contributed by atoms with van der Waals surface area (Å²) < 4.78 is 1.67. The number of aryl methyl sites for hydroxylation is 1. The molecule has 1 amide bonds. The number of amides is 1. The number of carbonyl (C=O) groups is 1. The van der Waals surface area contributed by atoms with Crippen LogP contribution in [0.2, 0.25) is 0 Å². The molecule has 0 unspecified atom stereocenters. The third-order valence-corrected chi connectivity index (χ3v) is 5.18. The van der Waals surface area contributed by atoms with Gasteiger partial charge >= 0.3 is 0 Å². The van der Waals surface area contributed by atoms with Crippen molar-refractivity contribution in [3.05, 3.63) is 29.7 Å². The van der Waals surface area contributed by atoms with Crippen LogP contribution in [0.1, 0.15) is 35.3 Å². The zero-order chi connectivity index (χ0) is 15.2. The Morgan fingerprint density at radius 1 is 1.30 bits per heavy atom. The van der Waals surface area contributed by atoms with E-state index < -0.39 is 0 Å². The van der Waals surface area contributed by atoms with E-state index in [1.54, 1.807) is 10.7 Å². The first-order valence-corrected chi connectivity index (χ1v) is 7.98. The Hall–Kier alpha value is -1.66. The summed E-state index contributed by atoms with van der Waals surface area (Å²) in [4.78, 5) is 19.2. The van der Waals surface area contributed by atoms with Crippen LogP contribution in [0, 0.1) is 12.3 Å². The molecule has 2 fully saturated rings. The monoisotopic (exact) mass is 335 g/mol. The summed E-state index contributed by atoms with van der Waals surface area (Å²) in [6, 6.07) is 1.89. The number of hydrogen-bond donors (Lipinski definition) is 1. The first kappa shape index (κ1) is 16.2. The van der Waals surface area contributed by atoms with Gasteiger partial charge in [-0.05, 0) is 44.2 Å². The molecule has 2 aliphatic rings. The van der Waals surface area contributed by atoms with E-state index in [1.165, 1.54) is 6.42 Å². The lowest BCUT2D eigenvalue weighted by Gasteiger charge is -2.38. The fourth-order valence-electron chi connectivity index (χ4n) is 3.69. The Balaban J connectivity index is 0.00000156. The van der Waals surface area contributed by atoms with Crippen molar-refractivity contribution in [2.24, 2.45) is 5.41 Å². The van der Waals surface area contributed by atoms with Gasteiger partial charge in [-0.2, -0.15) is 5.10 Å². The highest BCUT2D eigenvalue weighted by Gasteiger charge is 2.38. The Bertz CT molecular complexity index is 712. The minimum absolute atomic E-state index is 0. The molecule has 2 saturated heterocycles. The maximum Gasteiger partial charge on any atom is 0.259 e. The van der Waals surface area contributed by atoms with Crippen molar-refractivity contribution in [3.8, 4) is 0 Å². The minimum Gasteiger partial charge on any atom is -0.338 e. The molecular formula is C16H22ClN5O. The van der Waals surface area contributed by atoms with Crippen LogP contribution in [0.15, 0.2) is 18.5 Å². The van der Waals surface area contributed by atoms with Gasteiger partial charge in [0, 0.05) is 31.5 Å². The number of aromatic nitrogens is 3. The zero-order valence-electron chi connectivity index (χ0n) is 13.3. The van der Waals surface area contributed by atoms with E-state index in [1.807, 2.05) is 24.1 Å². The summed E-state index contributed by atoms with van der Waals surface area (Å²) in [5.41, 5.74) is 2.60. The van der Waals surface area contributed by atoms with Crippen LogP contribution in [0.3, 0.4) is 0 Å². The third kappa shape index (κ3) is 2.81. The SMILES string of the molecule is Cc1ccn2ncc(C(=O)N3CCC4(CCNC4)CC3)c2n1.Cl. The van der Waals surface area contributed by atoms with E-state index in [0.29, 0.717) is 16.6 Å². The molecular weight excluding hydrogens is 314 g/mol. The maximum atomic E-state index is 12.8. The molecule has 0 aromatic carbocycles. The highest BCUT2D eigenvalue weighted by atomic mass is 35.5. The summed E-state index contributed by atoms with van der Waals surface area (Å²) in [6.45, 7) is 5.82. The molecule has 23 heavy (non-hydrogen) atoms. The van der Waals surface area contributed by atoms with Gasteiger partial charge in [-0.25, -0.2) is 9.50 Å². The van der Waals surface area contributed by atoms with Crippen LogP contribution in [0.5, 0.6) is 0 Å². The first-order valence-electron chi connectivity index (χ1n) is 7.98. The average Bonchev–Trinajstić information content (AvgIpc) is 3.14. The standard InChI is InChI=1S/C16H21N5O.ClH/c1-12-2-7-21-14(19-12)13(10-18-21)15(22)20-8-4-16(5-9-20)3-6-17-11-16;/h2,7,10,17H,3-6,8-9,11H2,1H3;1H. The average molecular weight is 336 g/mol. The van der Waals surface area contributed by atoms with Gasteiger partial charge in [-0.1, -0.05) is 0 Å². The molecule has 2 aromatic heterocycles. The first-order chi connectivity index (χ1) is 10.7. The lowest BCUT2D eigenvalue weighted by molar-refractivity contribution is 0.0609. The summed E-state index contributed by atoms with van der Waals surface area (Å²) in [5, 5.41) is 7.70. The second kappa shape index (κ2) is 6.09. The molecule has 2 aromatic rings. The number of fused-ring (bicyclic) bond motifs is 1. The van der Waals surface area contributed by atoms with Crippen LogP contribution < -0.4 is 5.32 Å². The second-order valence-electron chi connectivity index (χ2n) is 6.61. The topological polar surface area (TPSA) is 62.5 Å². The number of halogens is 1. The van der Waals surface area contributed by atoms with E-state index >= 15 is 0 Å². The van der Waals surface area contributed by atoms with E-state index in [2.05, 4.69) is 15.4 Å². The Labute approximate surface area is 141 Å². The van der Waals surface area contributed by atoms with Crippen molar-refractivity contribution in [1.82, 2.24) is 24.8 Å². The van der Waals surface area contributed by atoms with Crippen LogP contribution >= 0.6 is 12.4 Å². The van der Waals surface area contributed by atoms with Gasteiger partial charge in [0.1, 0.15) is 5.56 Å². The number of nitrogens with one attached hydrogen (secondary N) is 1. The predicted octanol–water partition coefficient (Wildman–Crippen LogP) is 1.68. The smallest absolute Gasteiger partial charge is 0.259 e. The van der Waals surface area contributed by atoms with Crippen molar-refractivity contribution in [2.75, 3.05) is 26.2 Å². The van der Waals surface area contributed by atoms with E-state index in [9.17, 15) is 4.79 Å². The number of piperidine rings is 1. The van der Waals surface area contributed by atoms with Crippen molar-refractivity contribution in [1.29, 1.82) is 0 Å². The summed E-state index contributed by atoms with van der Waals surface area (Å²) in [7, 11) is 0. The van der Waals surface area contributed by atoms with Gasteiger partial charge in [-0.15, -0.1) is 12.4 Å². The molecule has 0 radical (unpaired) electrons. The molecule has 1 N–H and O–H groups in total. The van der Waals surface area contributed by atoms with Crippen molar-refractivity contribution >= 4 is 24.0 Å². The summed E-state index contributed by atoms with van der Waals surface area (Å²) in [5.74, 6) is 0.0638. The van der Waals surface area contributed by atoms with Crippen LogP contribution in [0.25, 0.3) is 5.65 Å². The lowest BCUT2D eigenvalue weighted by Crippen LogP contribution is -2.44. The van der Waals surface area contributed by atoms with E-state index in [-0.39, 0.29) is 18.3 Å². The molecule has 0 bridgehead atoms. The lowest BCUT2D eigenvalue weighted by atomic mass is 9.78. The fraction of sp³-hybridized carbons (Fsp3) is 0.562. The molecule has 6 nitrogen and oxygen atoms in total. The van der Waals surface area contributed by atoms with Gasteiger partial charge < -0.3 is 10.2 Å². The van der Waals surface area contributed by atoms with Gasteiger partial charge in [-0.3, -0.25) is 4.79 Å². The normalized spacial score (nSPS) is 20.0. The summed E-state index contributed by atoms with van der Waals surface area (Å²) in [6.07, 6.45) is 6.93. The molecule has 4 rings (SSSR count). The Morgan fingerprint density at radius 2 is 2.09 bits per heavy atom. The highest BCUT2D eigenvalue weighted by molar-refractivity contribution is 5.99. The number of likely N-dealkylation sites (tertiary alicyclic amines) is 1. The molecule has 0 atom stereocenters. The highest BCUT2D eigenvalue weighted by Crippen LogP contribution is 2.37. The third-order valence-electron chi connectivity index (χ3n) is 5.18. The molecule has 4 heterocycles. The molecule has 0 saturated carbocycles. The second-order valence-corrected chi connectivity index (χ2v) is 6.61. The predicted molar refractivity (Wildman–Crippen MR) is 90.0 cm³/mol. The van der Waals surface area contributed by atoms with E-state index in [4.69, 9.17) is 0 Å². The van der Waals surface area contributed by atoms with Crippen LogP contribution in [0.4, 0.5) is 0 Å². The van der Waals surface area contributed by atoms with Crippen molar-refractivity contribution in [2.45, 2.75) is 26.2 Å². The number of hydrogen-bond acceptors (Lipinski definition) is 4. The van der Waals surface area contributed by atoms with Gasteiger partial charge in [0.15, 0.2) is 5.65 Å². The zero-order valence-corrected chi connectivity index (χ0v) is 14.1. The Kier molecular flexibility index (Phi) is 4.29. The van der Waals surface area contributed by atoms with Gasteiger partial charge in [0.05, 0.1) is 6.20 Å². The number of rotatable bonds is 1. The van der Waals surface area contributed by atoms with Crippen molar-refractivity contribution < 1.29 is 4.79 Å². The minimum atomic E-state index is 0. The molecule has 7 heteroatoms. The quantitative estimate of drug-likeness (QED) is 0.861. The van der Waals surface area contributed by atoms with Crippen LogP contribution in [-0.4, -0.2) is 51.6 Å². The molecule has 0 aliphatic carbocycles. The van der Waals surface area contributed by atoms with Gasteiger partial charge in [0.25, 0.3) is 5.91 Å². The molecule has 1 spiro atoms. The number of carbonyl (C=O) groups excluding carboxylic acids is 1. The fourth-order valence-corrected chi connectivity index (χ4v) is 3.69. The maximum absolute atomic E-state index is 12.8. The molecule has 2 aliphatic heterocycles. The van der Waals surface area contributed by atoms with E-state index in [0.717, 1.165) is 44.7 Å².